The maximum absolute atomic E-state index is 11.3. The van der Waals surface area contributed by atoms with Crippen LogP contribution in [-0.2, 0) is 4.79 Å². The van der Waals surface area contributed by atoms with Gasteiger partial charge >= 0.3 is 0 Å². The molecular formula is C21H24N8O2. The van der Waals surface area contributed by atoms with E-state index < -0.39 is 0 Å². The molecule has 0 bridgehead atoms. The van der Waals surface area contributed by atoms with Gasteiger partial charge in [-0.05, 0) is 37.8 Å². The highest BCUT2D eigenvalue weighted by atomic mass is 16.5. The van der Waals surface area contributed by atoms with Crippen LogP contribution in [0.15, 0.2) is 30.9 Å². The van der Waals surface area contributed by atoms with Crippen molar-refractivity contribution in [1.29, 1.82) is 0 Å². The molecule has 4 heterocycles. The molecule has 0 radical (unpaired) electrons. The summed E-state index contributed by atoms with van der Waals surface area (Å²) < 4.78 is 7.49. The Balaban J connectivity index is 1.40. The number of rotatable bonds is 5. The molecule has 4 aromatic rings. The number of carbonyl (C=O) groups excluding carboxylic acids is 1. The van der Waals surface area contributed by atoms with Crippen LogP contribution >= 0.6 is 0 Å². The molecule has 10 nitrogen and oxygen atoms in total. The molecule has 1 aliphatic rings. The molecule has 0 saturated heterocycles. The molecule has 1 saturated carbocycles. The van der Waals surface area contributed by atoms with E-state index >= 15 is 0 Å². The van der Waals surface area contributed by atoms with Gasteiger partial charge in [0.25, 0.3) is 0 Å². The molecule has 0 atom stereocenters. The van der Waals surface area contributed by atoms with Crippen molar-refractivity contribution in [2.45, 2.75) is 44.7 Å². The summed E-state index contributed by atoms with van der Waals surface area (Å²) in [5.74, 6) is 1.08. The van der Waals surface area contributed by atoms with Crippen molar-refractivity contribution in [3.8, 4) is 17.0 Å². The lowest BCUT2D eigenvalue weighted by Gasteiger charge is -2.29. The van der Waals surface area contributed by atoms with E-state index in [-0.39, 0.29) is 18.0 Å². The van der Waals surface area contributed by atoms with Crippen molar-refractivity contribution in [3.63, 3.8) is 0 Å². The van der Waals surface area contributed by atoms with Crippen LogP contribution < -0.4 is 15.4 Å². The number of H-pyrrole nitrogens is 1. The first-order valence-corrected chi connectivity index (χ1v) is 10.4. The van der Waals surface area contributed by atoms with Crippen molar-refractivity contribution < 1.29 is 9.53 Å². The van der Waals surface area contributed by atoms with Crippen LogP contribution in [-0.4, -0.2) is 54.7 Å². The first-order chi connectivity index (χ1) is 15.1. The Morgan fingerprint density at radius 1 is 1.19 bits per heavy atom. The number of carbonyl (C=O) groups is 1. The molecule has 3 N–H and O–H groups in total. The van der Waals surface area contributed by atoms with Gasteiger partial charge in [0.15, 0.2) is 5.65 Å². The molecule has 1 aliphatic carbocycles. The van der Waals surface area contributed by atoms with Gasteiger partial charge in [0.1, 0.15) is 12.0 Å². The second-order valence-electron chi connectivity index (χ2n) is 7.89. The van der Waals surface area contributed by atoms with E-state index in [9.17, 15) is 4.79 Å². The molecule has 1 amide bonds. The zero-order valence-electron chi connectivity index (χ0n) is 17.4. The predicted molar refractivity (Wildman–Crippen MR) is 116 cm³/mol. The van der Waals surface area contributed by atoms with Gasteiger partial charge < -0.3 is 20.4 Å². The highest BCUT2D eigenvalue weighted by Crippen LogP contribution is 2.34. The molecule has 1 fully saturated rings. The Morgan fingerprint density at radius 3 is 2.77 bits per heavy atom. The van der Waals surface area contributed by atoms with E-state index in [1.807, 2.05) is 28.9 Å². The third-order valence-corrected chi connectivity index (χ3v) is 5.76. The minimum Gasteiger partial charge on any atom is -0.480 e. The molecule has 0 aromatic carbocycles. The fourth-order valence-corrected chi connectivity index (χ4v) is 4.28. The van der Waals surface area contributed by atoms with Crippen LogP contribution in [0.5, 0.6) is 5.88 Å². The van der Waals surface area contributed by atoms with Crippen LogP contribution in [0.3, 0.4) is 0 Å². The third kappa shape index (κ3) is 3.76. The standard InChI is InChI=1S/C21H24N8O2/c1-12(30)24-14-4-6-15(7-5-14)25-21-26-19-18(20(27-21)31-2)16(9-22-19)13-3-8-17-28-23-11-29(17)10-13/h3,8-11,14-15H,4-7H2,1-2H3,(H,24,30)(H2,22,25,26,27)/t14-,15+. The van der Waals surface area contributed by atoms with Crippen molar-refractivity contribution in [2.75, 3.05) is 12.4 Å². The minimum atomic E-state index is 0.0286. The number of pyridine rings is 1. The van der Waals surface area contributed by atoms with Gasteiger partial charge in [0.2, 0.25) is 17.7 Å². The highest BCUT2D eigenvalue weighted by molar-refractivity contribution is 5.97. The maximum Gasteiger partial charge on any atom is 0.228 e. The largest absolute Gasteiger partial charge is 0.480 e. The van der Waals surface area contributed by atoms with Crippen LogP contribution in [0.1, 0.15) is 32.6 Å². The van der Waals surface area contributed by atoms with E-state index in [1.54, 1.807) is 20.4 Å². The van der Waals surface area contributed by atoms with E-state index in [0.717, 1.165) is 47.8 Å². The zero-order chi connectivity index (χ0) is 21.4. The van der Waals surface area contributed by atoms with Crippen molar-refractivity contribution in [2.24, 2.45) is 0 Å². The van der Waals surface area contributed by atoms with E-state index in [1.165, 1.54) is 0 Å². The Labute approximate surface area is 178 Å². The zero-order valence-corrected chi connectivity index (χ0v) is 17.4. The second kappa shape index (κ2) is 7.86. The smallest absolute Gasteiger partial charge is 0.228 e. The lowest BCUT2D eigenvalue weighted by molar-refractivity contribution is -0.119. The van der Waals surface area contributed by atoms with E-state index in [4.69, 9.17) is 4.74 Å². The number of anilines is 1. The second-order valence-corrected chi connectivity index (χ2v) is 7.89. The number of hydrogen-bond donors (Lipinski definition) is 3. The summed E-state index contributed by atoms with van der Waals surface area (Å²) >= 11 is 0. The van der Waals surface area contributed by atoms with Crippen LogP contribution in [0.2, 0.25) is 0 Å². The molecule has 0 unspecified atom stereocenters. The number of nitrogens with one attached hydrogen (secondary N) is 3. The van der Waals surface area contributed by atoms with Crippen LogP contribution in [0.4, 0.5) is 5.95 Å². The molecule has 10 heteroatoms. The number of aromatic amines is 1. The Bertz CT molecular complexity index is 1240. The quantitative estimate of drug-likeness (QED) is 0.453. The number of ether oxygens (including phenoxy) is 1. The van der Waals surface area contributed by atoms with Crippen molar-refractivity contribution in [3.05, 3.63) is 30.9 Å². The number of methoxy groups -OCH3 is 1. The topological polar surface area (TPSA) is 122 Å². The third-order valence-electron chi connectivity index (χ3n) is 5.76. The SMILES string of the molecule is COc1nc(N[C@H]2CC[C@@H](NC(C)=O)CC2)nc2[nH]cc(-c3ccc4nncn4c3)c12. The lowest BCUT2D eigenvalue weighted by atomic mass is 9.91. The monoisotopic (exact) mass is 420 g/mol. The van der Waals surface area contributed by atoms with Gasteiger partial charge in [-0.15, -0.1) is 10.2 Å². The Kier molecular flexibility index (Phi) is 4.89. The van der Waals surface area contributed by atoms with Crippen molar-refractivity contribution >= 4 is 28.5 Å². The minimum absolute atomic E-state index is 0.0286. The van der Waals surface area contributed by atoms with Gasteiger partial charge in [0, 0.05) is 42.5 Å². The molecule has 4 aromatic heterocycles. The number of amides is 1. The summed E-state index contributed by atoms with van der Waals surface area (Å²) in [6.45, 7) is 1.56. The first kappa shape index (κ1) is 19.3. The number of hydrogen-bond acceptors (Lipinski definition) is 7. The summed E-state index contributed by atoms with van der Waals surface area (Å²) in [6.07, 6.45) is 9.33. The fourth-order valence-electron chi connectivity index (χ4n) is 4.28. The van der Waals surface area contributed by atoms with E-state index in [0.29, 0.717) is 17.5 Å². The predicted octanol–water partition coefficient (Wildman–Crippen LogP) is 2.54. The Hall–Kier alpha value is -3.69. The van der Waals surface area contributed by atoms with Gasteiger partial charge in [-0.2, -0.15) is 9.97 Å². The highest BCUT2D eigenvalue weighted by Gasteiger charge is 2.23. The summed E-state index contributed by atoms with van der Waals surface area (Å²) in [5.41, 5.74) is 3.42. The number of aromatic nitrogens is 6. The van der Waals surface area contributed by atoms with Crippen LogP contribution in [0.25, 0.3) is 27.8 Å². The number of fused-ring (bicyclic) bond motifs is 2. The van der Waals surface area contributed by atoms with Gasteiger partial charge in [0.05, 0.1) is 12.5 Å². The van der Waals surface area contributed by atoms with E-state index in [2.05, 4.69) is 35.8 Å². The average molecular weight is 420 g/mol. The van der Waals surface area contributed by atoms with Crippen molar-refractivity contribution in [1.82, 2.24) is 34.9 Å². The lowest BCUT2D eigenvalue weighted by Crippen LogP contribution is -2.39. The summed E-state index contributed by atoms with van der Waals surface area (Å²) in [5, 5.41) is 15.3. The molecule has 160 valence electrons. The van der Waals surface area contributed by atoms with Crippen LogP contribution in [0, 0.1) is 0 Å². The summed E-state index contributed by atoms with van der Waals surface area (Å²) in [4.78, 5) is 23.8. The fraction of sp³-hybridized carbons (Fsp3) is 0.381. The van der Waals surface area contributed by atoms with Gasteiger partial charge in [-0.1, -0.05) is 0 Å². The maximum atomic E-state index is 11.3. The molecule has 5 rings (SSSR count). The average Bonchev–Trinajstić information content (AvgIpc) is 3.40. The van der Waals surface area contributed by atoms with Gasteiger partial charge in [-0.25, -0.2) is 0 Å². The molecule has 0 aliphatic heterocycles. The molecule has 0 spiro atoms. The Morgan fingerprint density at radius 2 is 2.00 bits per heavy atom. The normalized spacial score (nSPS) is 18.9. The molecular weight excluding hydrogens is 396 g/mol. The van der Waals surface area contributed by atoms with Gasteiger partial charge in [-0.3, -0.25) is 9.20 Å². The first-order valence-electron chi connectivity index (χ1n) is 10.4. The summed E-state index contributed by atoms with van der Waals surface area (Å²) in [6, 6.07) is 4.42. The molecule has 31 heavy (non-hydrogen) atoms. The number of nitrogens with zero attached hydrogens (tertiary/aromatic N) is 5. The summed E-state index contributed by atoms with van der Waals surface area (Å²) in [7, 11) is 1.62.